The van der Waals surface area contributed by atoms with Crippen molar-refractivity contribution >= 4 is 28.1 Å². The molecular formula is C14H17N3OS. The van der Waals surface area contributed by atoms with E-state index in [1.807, 2.05) is 45.0 Å². The third kappa shape index (κ3) is 3.12. The Hall–Kier alpha value is -1.88. The van der Waals surface area contributed by atoms with E-state index in [0.29, 0.717) is 21.4 Å². The standard InChI is InChI=1S/C14H17N3OS/c1-8(2)16-14-17-13(15)12(19-14)11(18)10-6-4-9(3)5-7-10/h4-8H,15H2,1-3H3,(H,16,17). The molecule has 2 rings (SSSR count). The van der Waals surface area contributed by atoms with Crippen molar-refractivity contribution in [3.8, 4) is 0 Å². The molecule has 0 radical (unpaired) electrons. The quantitative estimate of drug-likeness (QED) is 0.841. The van der Waals surface area contributed by atoms with Crippen LogP contribution in [0.3, 0.4) is 0 Å². The fourth-order valence-electron chi connectivity index (χ4n) is 1.64. The van der Waals surface area contributed by atoms with Crippen molar-refractivity contribution in [1.82, 2.24) is 4.98 Å². The molecule has 0 aliphatic heterocycles. The van der Waals surface area contributed by atoms with Crippen LogP contribution in [0.25, 0.3) is 0 Å². The number of ketones is 1. The van der Waals surface area contributed by atoms with E-state index in [9.17, 15) is 4.79 Å². The van der Waals surface area contributed by atoms with Gasteiger partial charge in [0, 0.05) is 11.6 Å². The van der Waals surface area contributed by atoms with Crippen molar-refractivity contribution in [2.24, 2.45) is 0 Å². The molecule has 0 saturated carbocycles. The van der Waals surface area contributed by atoms with Gasteiger partial charge in [-0.3, -0.25) is 4.79 Å². The van der Waals surface area contributed by atoms with Gasteiger partial charge in [-0.25, -0.2) is 4.98 Å². The number of nitrogens with zero attached hydrogens (tertiary/aromatic N) is 1. The van der Waals surface area contributed by atoms with Gasteiger partial charge in [-0.1, -0.05) is 41.2 Å². The lowest BCUT2D eigenvalue weighted by molar-refractivity contribution is 0.104. The number of thiazole rings is 1. The maximum atomic E-state index is 12.3. The number of carbonyl (C=O) groups is 1. The number of hydrogen-bond acceptors (Lipinski definition) is 5. The summed E-state index contributed by atoms with van der Waals surface area (Å²) in [7, 11) is 0. The van der Waals surface area contributed by atoms with Crippen molar-refractivity contribution in [2.75, 3.05) is 11.1 Å². The van der Waals surface area contributed by atoms with Crippen molar-refractivity contribution in [1.29, 1.82) is 0 Å². The molecule has 100 valence electrons. The van der Waals surface area contributed by atoms with Crippen LogP contribution in [-0.2, 0) is 0 Å². The minimum Gasteiger partial charge on any atom is -0.382 e. The SMILES string of the molecule is Cc1ccc(C(=O)c2sc(NC(C)C)nc2N)cc1. The lowest BCUT2D eigenvalue weighted by atomic mass is 10.1. The number of anilines is 2. The molecule has 5 heteroatoms. The van der Waals surface area contributed by atoms with Crippen molar-refractivity contribution in [3.63, 3.8) is 0 Å². The second-order valence-corrected chi connectivity index (χ2v) is 5.73. The van der Waals surface area contributed by atoms with Gasteiger partial charge in [0.2, 0.25) is 5.78 Å². The Morgan fingerprint density at radius 1 is 1.32 bits per heavy atom. The predicted octanol–water partition coefficient (Wildman–Crippen LogP) is 3.09. The van der Waals surface area contributed by atoms with Gasteiger partial charge in [0.1, 0.15) is 10.7 Å². The number of aromatic nitrogens is 1. The monoisotopic (exact) mass is 275 g/mol. The van der Waals surface area contributed by atoms with Gasteiger partial charge in [0.05, 0.1) is 0 Å². The zero-order chi connectivity index (χ0) is 14.0. The number of nitrogens with two attached hydrogens (primary N) is 1. The molecule has 0 saturated heterocycles. The largest absolute Gasteiger partial charge is 0.382 e. The molecule has 0 amide bonds. The average Bonchev–Trinajstić information content (AvgIpc) is 2.69. The fraction of sp³-hybridized carbons (Fsp3) is 0.286. The summed E-state index contributed by atoms with van der Waals surface area (Å²) in [6.07, 6.45) is 0. The molecule has 1 aromatic carbocycles. The molecule has 0 aliphatic rings. The molecule has 4 nitrogen and oxygen atoms in total. The van der Waals surface area contributed by atoms with Gasteiger partial charge >= 0.3 is 0 Å². The normalized spacial score (nSPS) is 10.7. The summed E-state index contributed by atoms with van der Waals surface area (Å²) in [5.41, 5.74) is 7.58. The van der Waals surface area contributed by atoms with Gasteiger partial charge < -0.3 is 11.1 Å². The lowest BCUT2D eigenvalue weighted by Gasteiger charge is -2.03. The van der Waals surface area contributed by atoms with Crippen LogP contribution < -0.4 is 11.1 Å². The van der Waals surface area contributed by atoms with Crippen LogP contribution in [0.15, 0.2) is 24.3 Å². The zero-order valence-corrected chi connectivity index (χ0v) is 12.0. The molecule has 19 heavy (non-hydrogen) atoms. The smallest absolute Gasteiger partial charge is 0.206 e. The summed E-state index contributed by atoms with van der Waals surface area (Å²) < 4.78 is 0. The van der Waals surface area contributed by atoms with Crippen LogP contribution >= 0.6 is 11.3 Å². The Morgan fingerprint density at radius 3 is 2.53 bits per heavy atom. The summed E-state index contributed by atoms with van der Waals surface area (Å²) in [6, 6.07) is 7.71. The van der Waals surface area contributed by atoms with Gasteiger partial charge in [0.15, 0.2) is 5.13 Å². The Morgan fingerprint density at radius 2 is 1.95 bits per heavy atom. The van der Waals surface area contributed by atoms with Crippen LogP contribution in [0.4, 0.5) is 10.9 Å². The molecule has 0 aliphatic carbocycles. The molecule has 0 atom stereocenters. The van der Waals surface area contributed by atoms with Crippen LogP contribution in [0.1, 0.15) is 34.6 Å². The molecule has 1 heterocycles. The highest BCUT2D eigenvalue weighted by atomic mass is 32.1. The molecule has 0 bridgehead atoms. The van der Waals surface area contributed by atoms with Crippen LogP contribution in [0.5, 0.6) is 0 Å². The number of benzene rings is 1. The van der Waals surface area contributed by atoms with Crippen molar-refractivity contribution in [3.05, 3.63) is 40.3 Å². The van der Waals surface area contributed by atoms with E-state index in [-0.39, 0.29) is 11.8 Å². The van der Waals surface area contributed by atoms with Crippen LogP contribution in [-0.4, -0.2) is 16.8 Å². The highest BCUT2D eigenvalue weighted by molar-refractivity contribution is 7.18. The Kier molecular flexibility index (Phi) is 3.85. The topological polar surface area (TPSA) is 68.0 Å². The molecule has 0 unspecified atom stereocenters. The minimum atomic E-state index is -0.0770. The van der Waals surface area contributed by atoms with Crippen molar-refractivity contribution in [2.45, 2.75) is 26.8 Å². The molecule has 0 fully saturated rings. The number of nitrogens with one attached hydrogen (secondary N) is 1. The molecule has 0 spiro atoms. The second kappa shape index (κ2) is 5.40. The van der Waals surface area contributed by atoms with E-state index in [1.54, 1.807) is 0 Å². The number of carbonyl (C=O) groups excluding carboxylic acids is 1. The fourth-order valence-corrected chi connectivity index (χ4v) is 2.63. The summed E-state index contributed by atoms with van der Waals surface area (Å²) in [4.78, 5) is 17.0. The van der Waals surface area contributed by atoms with E-state index in [2.05, 4.69) is 10.3 Å². The molecule has 3 N–H and O–H groups in total. The molecule has 1 aromatic heterocycles. The van der Waals surface area contributed by atoms with E-state index in [0.717, 1.165) is 5.56 Å². The number of aryl methyl sites for hydroxylation is 1. The maximum Gasteiger partial charge on any atom is 0.206 e. The number of hydrogen-bond donors (Lipinski definition) is 2. The first-order chi connectivity index (χ1) is 8.97. The molecule has 2 aromatic rings. The van der Waals surface area contributed by atoms with E-state index >= 15 is 0 Å². The van der Waals surface area contributed by atoms with E-state index in [4.69, 9.17) is 5.73 Å². The first kappa shape index (κ1) is 13.5. The summed E-state index contributed by atoms with van der Waals surface area (Å²) in [6.45, 7) is 6.01. The predicted molar refractivity (Wildman–Crippen MR) is 79.9 cm³/mol. The minimum absolute atomic E-state index is 0.0770. The van der Waals surface area contributed by atoms with Gasteiger partial charge in [-0.2, -0.15) is 0 Å². The Bertz CT molecular complexity index is 587. The molecular weight excluding hydrogens is 258 g/mol. The summed E-state index contributed by atoms with van der Waals surface area (Å²) >= 11 is 1.30. The second-order valence-electron chi connectivity index (χ2n) is 4.73. The Labute approximate surface area is 116 Å². The maximum absolute atomic E-state index is 12.3. The summed E-state index contributed by atoms with van der Waals surface area (Å²) in [5, 5.41) is 3.84. The van der Waals surface area contributed by atoms with Crippen LogP contribution in [0.2, 0.25) is 0 Å². The van der Waals surface area contributed by atoms with Crippen molar-refractivity contribution < 1.29 is 4.79 Å². The third-order valence-corrected chi connectivity index (χ3v) is 3.59. The first-order valence-electron chi connectivity index (χ1n) is 6.11. The highest BCUT2D eigenvalue weighted by Crippen LogP contribution is 2.27. The zero-order valence-electron chi connectivity index (χ0n) is 11.2. The van der Waals surface area contributed by atoms with E-state index < -0.39 is 0 Å². The van der Waals surface area contributed by atoms with E-state index in [1.165, 1.54) is 11.3 Å². The highest BCUT2D eigenvalue weighted by Gasteiger charge is 2.18. The number of nitrogen functional groups attached to an aromatic ring is 1. The number of rotatable bonds is 4. The Balaban J connectivity index is 2.28. The van der Waals surface area contributed by atoms with Gasteiger partial charge in [0.25, 0.3) is 0 Å². The van der Waals surface area contributed by atoms with Gasteiger partial charge in [-0.05, 0) is 20.8 Å². The third-order valence-electron chi connectivity index (χ3n) is 2.59. The van der Waals surface area contributed by atoms with Crippen LogP contribution in [0, 0.1) is 6.92 Å². The average molecular weight is 275 g/mol. The summed E-state index contributed by atoms with van der Waals surface area (Å²) in [5.74, 6) is 0.213. The first-order valence-corrected chi connectivity index (χ1v) is 6.93. The van der Waals surface area contributed by atoms with Gasteiger partial charge in [-0.15, -0.1) is 0 Å². The lowest BCUT2D eigenvalue weighted by Crippen LogP contribution is -2.09.